The minimum Gasteiger partial charge on any atom is -0.368 e. The Morgan fingerprint density at radius 3 is 2.33 bits per heavy atom. The van der Waals surface area contributed by atoms with Gasteiger partial charge in [-0.05, 0) is 44.5 Å². The van der Waals surface area contributed by atoms with E-state index in [2.05, 4.69) is 24.1 Å². The van der Waals surface area contributed by atoms with E-state index < -0.39 is 0 Å². The van der Waals surface area contributed by atoms with E-state index in [1.54, 1.807) is 6.07 Å². The fourth-order valence-electron chi connectivity index (χ4n) is 2.84. The molecule has 1 fully saturated rings. The van der Waals surface area contributed by atoms with Gasteiger partial charge in [-0.15, -0.1) is 0 Å². The summed E-state index contributed by atoms with van der Waals surface area (Å²) in [7, 11) is 2.04. The molecule has 2 nitrogen and oxygen atoms in total. The van der Waals surface area contributed by atoms with Crippen LogP contribution in [0.1, 0.15) is 20.3 Å². The number of hydrogen-bond acceptors (Lipinski definition) is 2. The minimum atomic E-state index is 0.478. The van der Waals surface area contributed by atoms with Gasteiger partial charge in [-0.1, -0.05) is 30.1 Å². The van der Waals surface area contributed by atoms with Crippen LogP contribution in [0.3, 0.4) is 0 Å². The SMILES string of the molecule is CNC1CCN(c2cc(Cl)cc(Cl)c2)C(C)C1C. The molecule has 3 atom stereocenters. The van der Waals surface area contributed by atoms with Crippen molar-refractivity contribution in [3.8, 4) is 0 Å². The summed E-state index contributed by atoms with van der Waals surface area (Å²) in [6.07, 6.45) is 1.14. The molecule has 4 heteroatoms. The highest BCUT2D eigenvalue weighted by Gasteiger charge is 2.31. The fraction of sp³-hybridized carbons (Fsp3) is 0.571. The van der Waals surface area contributed by atoms with Gasteiger partial charge in [-0.25, -0.2) is 0 Å². The molecule has 0 spiro atoms. The van der Waals surface area contributed by atoms with Crippen LogP contribution in [-0.2, 0) is 0 Å². The normalized spacial score (nSPS) is 28.5. The van der Waals surface area contributed by atoms with Crippen LogP contribution in [-0.4, -0.2) is 25.7 Å². The molecule has 18 heavy (non-hydrogen) atoms. The monoisotopic (exact) mass is 286 g/mol. The van der Waals surface area contributed by atoms with Crippen molar-refractivity contribution >= 4 is 28.9 Å². The van der Waals surface area contributed by atoms with E-state index in [9.17, 15) is 0 Å². The van der Waals surface area contributed by atoms with Gasteiger partial charge in [-0.2, -0.15) is 0 Å². The number of piperidine rings is 1. The van der Waals surface area contributed by atoms with Crippen molar-refractivity contribution in [2.45, 2.75) is 32.4 Å². The van der Waals surface area contributed by atoms with Crippen LogP contribution in [0.5, 0.6) is 0 Å². The summed E-state index contributed by atoms with van der Waals surface area (Å²) in [5.41, 5.74) is 1.13. The van der Waals surface area contributed by atoms with Gasteiger partial charge in [0, 0.05) is 34.4 Å². The van der Waals surface area contributed by atoms with E-state index >= 15 is 0 Å². The topological polar surface area (TPSA) is 15.3 Å². The maximum Gasteiger partial charge on any atom is 0.0441 e. The fourth-order valence-corrected chi connectivity index (χ4v) is 3.36. The van der Waals surface area contributed by atoms with E-state index in [1.807, 2.05) is 19.2 Å². The molecular formula is C14H20Cl2N2. The Morgan fingerprint density at radius 1 is 1.17 bits per heavy atom. The van der Waals surface area contributed by atoms with E-state index in [4.69, 9.17) is 23.2 Å². The molecule has 2 rings (SSSR count). The van der Waals surface area contributed by atoms with Crippen molar-refractivity contribution in [3.63, 3.8) is 0 Å². The van der Waals surface area contributed by atoms with Crippen molar-refractivity contribution in [3.05, 3.63) is 28.2 Å². The highest BCUT2D eigenvalue weighted by Crippen LogP contribution is 2.32. The van der Waals surface area contributed by atoms with Gasteiger partial charge in [0.15, 0.2) is 0 Å². The molecule has 3 unspecified atom stereocenters. The lowest BCUT2D eigenvalue weighted by atomic mass is 9.87. The lowest BCUT2D eigenvalue weighted by Gasteiger charge is -2.44. The lowest BCUT2D eigenvalue weighted by Crippen LogP contribution is -2.52. The summed E-state index contributed by atoms with van der Waals surface area (Å²) < 4.78 is 0. The number of anilines is 1. The van der Waals surface area contributed by atoms with Crippen molar-refractivity contribution in [2.75, 3.05) is 18.5 Å². The standard InChI is InChI=1S/C14H20Cl2N2/c1-9-10(2)18(5-4-14(9)17-3)13-7-11(15)6-12(16)8-13/h6-10,14,17H,4-5H2,1-3H3. The largest absolute Gasteiger partial charge is 0.368 e. The van der Waals surface area contributed by atoms with Gasteiger partial charge in [0.05, 0.1) is 0 Å². The third kappa shape index (κ3) is 2.76. The van der Waals surface area contributed by atoms with Crippen LogP contribution < -0.4 is 10.2 Å². The van der Waals surface area contributed by atoms with E-state index in [1.165, 1.54) is 0 Å². The van der Waals surface area contributed by atoms with Crippen LogP contribution in [0.25, 0.3) is 0 Å². The van der Waals surface area contributed by atoms with Crippen molar-refractivity contribution in [1.82, 2.24) is 5.32 Å². The zero-order valence-electron chi connectivity index (χ0n) is 11.1. The number of nitrogens with one attached hydrogen (secondary N) is 1. The van der Waals surface area contributed by atoms with Crippen LogP contribution in [0.4, 0.5) is 5.69 Å². The Hall–Kier alpha value is -0.440. The quantitative estimate of drug-likeness (QED) is 0.889. The second kappa shape index (κ2) is 5.68. The zero-order chi connectivity index (χ0) is 13.3. The molecule has 1 aromatic rings. The number of halogens is 2. The predicted molar refractivity (Wildman–Crippen MR) is 79.9 cm³/mol. The molecule has 0 amide bonds. The first-order valence-electron chi connectivity index (χ1n) is 6.43. The van der Waals surface area contributed by atoms with Gasteiger partial charge < -0.3 is 10.2 Å². The molecule has 1 saturated heterocycles. The van der Waals surface area contributed by atoms with Gasteiger partial charge in [0.1, 0.15) is 0 Å². The summed E-state index contributed by atoms with van der Waals surface area (Å²) in [4.78, 5) is 2.40. The second-order valence-corrected chi connectivity index (χ2v) is 5.98. The maximum atomic E-state index is 6.09. The third-order valence-electron chi connectivity index (χ3n) is 4.12. The smallest absolute Gasteiger partial charge is 0.0441 e. The molecule has 0 aliphatic carbocycles. The first kappa shape index (κ1) is 14.0. The molecular weight excluding hydrogens is 267 g/mol. The molecule has 0 bridgehead atoms. The summed E-state index contributed by atoms with van der Waals surface area (Å²) in [6.45, 7) is 5.60. The van der Waals surface area contributed by atoms with Crippen LogP contribution in [0, 0.1) is 5.92 Å². The van der Waals surface area contributed by atoms with E-state index in [0.29, 0.717) is 28.0 Å². The first-order chi connectivity index (χ1) is 8.52. The molecule has 1 heterocycles. The third-order valence-corrected chi connectivity index (χ3v) is 4.55. The maximum absolute atomic E-state index is 6.09. The Bertz CT molecular complexity index is 402. The van der Waals surface area contributed by atoms with Crippen LogP contribution in [0.2, 0.25) is 10.0 Å². The van der Waals surface area contributed by atoms with Crippen LogP contribution in [0.15, 0.2) is 18.2 Å². The molecule has 0 aromatic heterocycles. The van der Waals surface area contributed by atoms with E-state index in [0.717, 1.165) is 18.7 Å². The van der Waals surface area contributed by atoms with Gasteiger partial charge in [-0.3, -0.25) is 0 Å². The highest BCUT2D eigenvalue weighted by molar-refractivity contribution is 6.35. The Kier molecular flexibility index (Phi) is 4.41. The van der Waals surface area contributed by atoms with E-state index in [-0.39, 0.29) is 0 Å². The van der Waals surface area contributed by atoms with Gasteiger partial charge >= 0.3 is 0 Å². The number of rotatable bonds is 2. The average Bonchev–Trinajstić information content (AvgIpc) is 2.31. The van der Waals surface area contributed by atoms with Gasteiger partial charge in [0.25, 0.3) is 0 Å². The minimum absolute atomic E-state index is 0.478. The van der Waals surface area contributed by atoms with Crippen molar-refractivity contribution < 1.29 is 0 Å². The average molecular weight is 287 g/mol. The summed E-state index contributed by atoms with van der Waals surface area (Å²) in [5.74, 6) is 0.599. The Labute approximate surface area is 119 Å². The molecule has 1 aliphatic rings. The molecule has 1 aliphatic heterocycles. The van der Waals surface area contributed by atoms with Crippen molar-refractivity contribution in [2.24, 2.45) is 5.92 Å². The molecule has 1 aromatic carbocycles. The van der Waals surface area contributed by atoms with Crippen LogP contribution >= 0.6 is 23.2 Å². The lowest BCUT2D eigenvalue weighted by molar-refractivity contribution is 0.283. The Morgan fingerprint density at radius 2 is 1.78 bits per heavy atom. The van der Waals surface area contributed by atoms with Crippen molar-refractivity contribution in [1.29, 1.82) is 0 Å². The highest BCUT2D eigenvalue weighted by atomic mass is 35.5. The first-order valence-corrected chi connectivity index (χ1v) is 7.18. The molecule has 100 valence electrons. The predicted octanol–water partition coefficient (Wildman–Crippen LogP) is 3.82. The summed E-state index contributed by atoms with van der Waals surface area (Å²) in [5, 5.41) is 4.80. The van der Waals surface area contributed by atoms with Gasteiger partial charge in [0.2, 0.25) is 0 Å². The number of nitrogens with zero attached hydrogens (tertiary/aromatic N) is 1. The zero-order valence-corrected chi connectivity index (χ0v) is 12.6. The summed E-state index contributed by atoms with van der Waals surface area (Å²) >= 11 is 12.2. The molecule has 0 radical (unpaired) electrons. The summed E-state index contributed by atoms with van der Waals surface area (Å²) in [6, 6.07) is 6.84. The number of hydrogen-bond donors (Lipinski definition) is 1. The number of benzene rings is 1. The molecule has 0 saturated carbocycles. The second-order valence-electron chi connectivity index (χ2n) is 5.10. The molecule has 1 N–H and O–H groups in total. The Balaban J connectivity index is 2.23.